The topological polar surface area (TPSA) is 63.1 Å². The predicted molar refractivity (Wildman–Crippen MR) is 86.8 cm³/mol. The van der Waals surface area contributed by atoms with Crippen molar-refractivity contribution in [1.82, 2.24) is 14.6 Å². The van der Waals surface area contributed by atoms with Crippen LogP contribution in [0.4, 0.5) is 0 Å². The average molecular weight is 315 g/mol. The Morgan fingerprint density at radius 3 is 2.43 bits per heavy atom. The minimum absolute atomic E-state index is 0.234. The van der Waals surface area contributed by atoms with Crippen molar-refractivity contribution in [2.45, 2.75) is 58.0 Å². The summed E-state index contributed by atoms with van der Waals surface area (Å²) in [5.74, 6) is 0.596. The van der Waals surface area contributed by atoms with Crippen molar-refractivity contribution >= 4 is 10.0 Å². The first-order chi connectivity index (χ1) is 9.77. The van der Waals surface area contributed by atoms with E-state index in [0.717, 1.165) is 18.5 Å². The van der Waals surface area contributed by atoms with Crippen LogP contribution in [0, 0.1) is 5.92 Å². The second-order valence-electron chi connectivity index (χ2n) is 6.13. The lowest BCUT2D eigenvalue weighted by Gasteiger charge is -2.12. The summed E-state index contributed by atoms with van der Waals surface area (Å²) in [5.41, 5.74) is 0.982. The lowest BCUT2D eigenvalue weighted by atomic mass is 10.1. The molecule has 0 unspecified atom stereocenters. The Kier molecular flexibility index (Phi) is 6.90. The van der Waals surface area contributed by atoms with Gasteiger partial charge in [0.1, 0.15) is 0 Å². The molecule has 0 saturated heterocycles. The van der Waals surface area contributed by atoms with Gasteiger partial charge >= 0.3 is 0 Å². The van der Waals surface area contributed by atoms with Crippen molar-refractivity contribution in [3.8, 4) is 0 Å². The van der Waals surface area contributed by atoms with Crippen molar-refractivity contribution in [3.05, 3.63) is 18.0 Å². The molecular weight excluding hydrogens is 286 g/mol. The van der Waals surface area contributed by atoms with Crippen LogP contribution in [0.25, 0.3) is 0 Å². The number of hydrogen-bond acceptors (Lipinski definition) is 3. The van der Waals surface area contributed by atoms with E-state index in [1.165, 1.54) is 0 Å². The largest absolute Gasteiger partial charge is 0.346 e. The van der Waals surface area contributed by atoms with Gasteiger partial charge in [-0.15, -0.1) is 0 Å². The fourth-order valence-electron chi connectivity index (χ4n) is 2.25. The van der Waals surface area contributed by atoms with Gasteiger partial charge in [0.15, 0.2) is 0 Å². The molecule has 0 bridgehead atoms. The number of nitrogens with zero attached hydrogens (tertiary/aromatic N) is 1. The van der Waals surface area contributed by atoms with Crippen molar-refractivity contribution < 1.29 is 8.42 Å². The van der Waals surface area contributed by atoms with Crippen molar-refractivity contribution in [2.75, 3.05) is 13.6 Å². The van der Waals surface area contributed by atoms with Crippen LogP contribution in [0.2, 0.25) is 0 Å². The third-order valence-corrected chi connectivity index (χ3v) is 4.81. The van der Waals surface area contributed by atoms with E-state index in [4.69, 9.17) is 0 Å². The summed E-state index contributed by atoms with van der Waals surface area (Å²) in [6.07, 6.45) is 3.62. The Morgan fingerprint density at radius 1 is 1.24 bits per heavy atom. The first-order valence-electron chi connectivity index (χ1n) is 7.63. The molecule has 1 rings (SSSR count). The maximum atomic E-state index is 12.3. The van der Waals surface area contributed by atoms with Gasteiger partial charge in [-0.25, -0.2) is 13.1 Å². The molecule has 0 spiro atoms. The maximum Gasteiger partial charge on any atom is 0.242 e. The van der Waals surface area contributed by atoms with Crippen LogP contribution in [0.15, 0.2) is 17.2 Å². The second kappa shape index (κ2) is 7.96. The number of hydrogen-bond donors (Lipinski definition) is 2. The van der Waals surface area contributed by atoms with Gasteiger partial charge in [0.2, 0.25) is 10.0 Å². The van der Waals surface area contributed by atoms with Gasteiger partial charge in [-0.2, -0.15) is 0 Å². The van der Waals surface area contributed by atoms with E-state index in [1.807, 2.05) is 25.5 Å². The molecule has 5 nitrogen and oxygen atoms in total. The van der Waals surface area contributed by atoms with E-state index in [0.29, 0.717) is 23.9 Å². The Labute approximate surface area is 129 Å². The Balaban J connectivity index is 2.80. The van der Waals surface area contributed by atoms with Crippen LogP contribution in [0.1, 0.15) is 52.3 Å². The van der Waals surface area contributed by atoms with Crippen molar-refractivity contribution in [2.24, 2.45) is 5.92 Å². The van der Waals surface area contributed by atoms with E-state index in [-0.39, 0.29) is 6.04 Å². The number of aromatic nitrogens is 1. The van der Waals surface area contributed by atoms with Crippen molar-refractivity contribution in [3.63, 3.8) is 0 Å². The normalized spacial score (nSPS) is 12.5. The zero-order valence-corrected chi connectivity index (χ0v) is 14.6. The quantitative estimate of drug-likeness (QED) is 0.688. The summed E-state index contributed by atoms with van der Waals surface area (Å²) in [5, 5.41) is 3.07. The lowest BCUT2D eigenvalue weighted by molar-refractivity contribution is 0.539. The van der Waals surface area contributed by atoms with E-state index < -0.39 is 10.0 Å². The molecule has 0 atom stereocenters. The summed E-state index contributed by atoms with van der Waals surface area (Å²) in [6.45, 7) is 9.52. The second-order valence-corrected chi connectivity index (χ2v) is 7.90. The fourth-order valence-corrected chi connectivity index (χ4v) is 3.37. The fraction of sp³-hybridized carbons (Fsp3) is 0.733. The summed E-state index contributed by atoms with van der Waals surface area (Å²) < 4.78 is 29.3. The molecule has 1 aromatic heterocycles. The van der Waals surface area contributed by atoms with E-state index in [1.54, 1.807) is 12.3 Å². The molecule has 6 heteroatoms. The van der Waals surface area contributed by atoms with Crippen LogP contribution in [-0.2, 0) is 16.6 Å². The molecule has 0 saturated carbocycles. The molecule has 122 valence electrons. The molecule has 0 aliphatic carbocycles. The maximum absolute atomic E-state index is 12.3. The highest BCUT2D eigenvalue weighted by Gasteiger charge is 2.18. The lowest BCUT2D eigenvalue weighted by Crippen LogP contribution is -2.24. The third kappa shape index (κ3) is 5.45. The molecule has 0 aromatic carbocycles. The van der Waals surface area contributed by atoms with Crippen LogP contribution < -0.4 is 10.0 Å². The molecule has 0 fully saturated rings. The van der Waals surface area contributed by atoms with Crippen LogP contribution in [0.5, 0.6) is 0 Å². The minimum Gasteiger partial charge on any atom is -0.346 e. The number of nitrogens with one attached hydrogen (secondary N) is 2. The molecule has 1 aromatic rings. The summed E-state index contributed by atoms with van der Waals surface area (Å²) >= 11 is 0. The Hall–Kier alpha value is -0.850. The zero-order chi connectivity index (χ0) is 16.0. The average Bonchev–Trinajstić information content (AvgIpc) is 2.80. The summed E-state index contributed by atoms with van der Waals surface area (Å²) in [6, 6.07) is 1.99. The molecule has 0 amide bonds. The molecule has 1 heterocycles. The third-order valence-electron chi connectivity index (χ3n) is 3.38. The first kappa shape index (κ1) is 18.2. The molecule has 0 aliphatic heterocycles. The van der Waals surface area contributed by atoms with Gasteiger partial charge in [0.05, 0.1) is 4.90 Å². The number of sulfonamides is 1. The van der Waals surface area contributed by atoms with Crippen molar-refractivity contribution in [1.29, 1.82) is 0 Å². The van der Waals surface area contributed by atoms with Gasteiger partial charge < -0.3 is 9.88 Å². The minimum atomic E-state index is -3.41. The first-order valence-corrected chi connectivity index (χ1v) is 9.11. The van der Waals surface area contributed by atoms with Crippen LogP contribution in [0.3, 0.4) is 0 Å². The van der Waals surface area contributed by atoms with Gasteiger partial charge in [0.25, 0.3) is 0 Å². The van der Waals surface area contributed by atoms with Gasteiger partial charge in [-0.3, -0.25) is 0 Å². The molecule has 0 radical (unpaired) electrons. The zero-order valence-electron chi connectivity index (χ0n) is 13.8. The molecule has 0 aliphatic rings. The molecule has 2 N–H and O–H groups in total. The Morgan fingerprint density at radius 2 is 1.90 bits per heavy atom. The van der Waals surface area contributed by atoms with E-state index in [2.05, 4.69) is 23.9 Å². The van der Waals surface area contributed by atoms with Gasteiger partial charge in [0, 0.05) is 31.0 Å². The highest BCUT2D eigenvalue weighted by Crippen LogP contribution is 2.19. The smallest absolute Gasteiger partial charge is 0.242 e. The van der Waals surface area contributed by atoms with Crippen LogP contribution in [-0.4, -0.2) is 26.6 Å². The highest BCUT2D eigenvalue weighted by molar-refractivity contribution is 7.89. The van der Waals surface area contributed by atoms with Gasteiger partial charge in [-0.1, -0.05) is 13.8 Å². The van der Waals surface area contributed by atoms with Crippen LogP contribution >= 0.6 is 0 Å². The molecule has 21 heavy (non-hydrogen) atoms. The molecular formula is C15H29N3O2S. The monoisotopic (exact) mass is 315 g/mol. The highest BCUT2D eigenvalue weighted by atomic mass is 32.2. The Bertz CT molecular complexity index is 533. The van der Waals surface area contributed by atoms with E-state index in [9.17, 15) is 8.42 Å². The number of rotatable bonds is 9. The SMILES string of the molecule is CNCc1cc(S(=O)(=O)NCCCC(C)C)cn1C(C)C. The summed E-state index contributed by atoms with van der Waals surface area (Å²) in [4.78, 5) is 0.353. The summed E-state index contributed by atoms with van der Waals surface area (Å²) in [7, 11) is -1.55. The predicted octanol–water partition coefficient (Wildman–Crippen LogP) is 2.50. The van der Waals surface area contributed by atoms with Gasteiger partial charge in [-0.05, 0) is 45.7 Å². The van der Waals surface area contributed by atoms with E-state index >= 15 is 0 Å². The standard InChI is InChI=1S/C15H29N3O2S/c1-12(2)7-6-8-17-21(19,20)15-9-14(10-16-5)18(11-15)13(3)4/h9,11-13,16-17H,6-8,10H2,1-5H3.